The van der Waals surface area contributed by atoms with Crippen LogP contribution in [0.4, 0.5) is 0 Å². The number of hydrogen-bond acceptors (Lipinski definition) is 5. The van der Waals surface area contributed by atoms with Crippen molar-refractivity contribution in [3.05, 3.63) is 18.0 Å². The summed E-state index contributed by atoms with van der Waals surface area (Å²) >= 11 is 0. The highest BCUT2D eigenvalue weighted by molar-refractivity contribution is 5.82. The minimum atomic E-state index is -0.950. The molecule has 0 saturated heterocycles. The van der Waals surface area contributed by atoms with E-state index in [1.165, 1.54) is 14.2 Å². The van der Waals surface area contributed by atoms with Gasteiger partial charge in [0.05, 0.1) is 25.3 Å². The van der Waals surface area contributed by atoms with Crippen LogP contribution in [0.25, 0.3) is 11.0 Å². The highest BCUT2D eigenvalue weighted by Crippen LogP contribution is 2.33. The number of benzene rings is 1. The van der Waals surface area contributed by atoms with Crippen LogP contribution in [0.3, 0.4) is 0 Å². The molecule has 0 saturated carbocycles. The maximum absolute atomic E-state index is 11.1. The van der Waals surface area contributed by atoms with E-state index in [0.29, 0.717) is 28.4 Å². The van der Waals surface area contributed by atoms with Crippen molar-refractivity contribution in [2.45, 2.75) is 19.6 Å². The Labute approximate surface area is 122 Å². The van der Waals surface area contributed by atoms with Gasteiger partial charge in [0.25, 0.3) is 0 Å². The Bertz CT molecular complexity index is 665. The molecular formula is C14H18N2O5. The van der Waals surface area contributed by atoms with Crippen molar-refractivity contribution in [3.8, 4) is 11.5 Å². The summed E-state index contributed by atoms with van der Waals surface area (Å²) in [5.41, 5.74) is 1.29. The zero-order valence-electron chi connectivity index (χ0n) is 12.4. The van der Waals surface area contributed by atoms with Gasteiger partial charge in [-0.2, -0.15) is 0 Å². The van der Waals surface area contributed by atoms with Crippen molar-refractivity contribution in [1.82, 2.24) is 9.55 Å². The molecule has 1 atom stereocenters. The molecule has 0 aliphatic rings. The topological polar surface area (TPSA) is 82.8 Å². The number of rotatable bonds is 6. The summed E-state index contributed by atoms with van der Waals surface area (Å²) in [6, 6.07) is 3.44. The van der Waals surface area contributed by atoms with Crippen LogP contribution in [0.5, 0.6) is 11.5 Å². The molecule has 0 amide bonds. The highest BCUT2D eigenvalue weighted by Gasteiger charge is 2.20. The summed E-state index contributed by atoms with van der Waals surface area (Å²) in [6.07, 6.45) is -0.325. The number of carboxylic acid groups (broad SMARTS) is 1. The molecule has 7 heteroatoms. The Hall–Kier alpha value is -2.28. The molecule has 1 aromatic heterocycles. The first-order chi connectivity index (χ1) is 10.0. The van der Waals surface area contributed by atoms with Crippen LogP contribution in [0.15, 0.2) is 12.1 Å². The smallest absolute Gasteiger partial charge is 0.323 e. The normalized spacial score (nSPS) is 12.4. The van der Waals surface area contributed by atoms with Gasteiger partial charge in [0.15, 0.2) is 11.5 Å². The van der Waals surface area contributed by atoms with Gasteiger partial charge in [0.1, 0.15) is 18.5 Å². The predicted molar refractivity (Wildman–Crippen MR) is 75.9 cm³/mol. The van der Waals surface area contributed by atoms with Crippen molar-refractivity contribution < 1.29 is 24.1 Å². The van der Waals surface area contributed by atoms with Gasteiger partial charge in [-0.25, -0.2) is 4.98 Å². The first-order valence-corrected chi connectivity index (χ1v) is 6.38. The van der Waals surface area contributed by atoms with Gasteiger partial charge in [-0.05, 0) is 6.92 Å². The van der Waals surface area contributed by atoms with Gasteiger partial charge < -0.3 is 23.9 Å². The number of methoxy groups -OCH3 is 3. The van der Waals surface area contributed by atoms with Crippen LogP contribution in [-0.2, 0) is 16.1 Å². The molecule has 0 aliphatic heterocycles. The second-order valence-corrected chi connectivity index (χ2v) is 4.52. The van der Waals surface area contributed by atoms with E-state index < -0.39 is 5.97 Å². The molecule has 0 spiro atoms. The molecule has 0 radical (unpaired) electrons. The largest absolute Gasteiger partial charge is 0.493 e. The number of aromatic nitrogens is 2. The van der Waals surface area contributed by atoms with Gasteiger partial charge in [0.2, 0.25) is 0 Å². The average molecular weight is 294 g/mol. The van der Waals surface area contributed by atoms with E-state index in [1.807, 2.05) is 6.92 Å². The van der Waals surface area contributed by atoms with E-state index >= 15 is 0 Å². The number of hydrogen-bond donors (Lipinski definition) is 1. The standard InChI is InChI=1S/C14H18N2O5/c1-8(19-2)14-15-9-5-11(20-3)12(21-4)6-10(9)16(14)7-13(17)18/h5-6,8H,7H2,1-4H3,(H,17,18). The van der Waals surface area contributed by atoms with Gasteiger partial charge in [0, 0.05) is 19.2 Å². The minimum absolute atomic E-state index is 0.199. The molecule has 2 rings (SSSR count). The van der Waals surface area contributed by atoms with Crippen molar-refractivity contribution in [2.75, 3.05) is 21.3 Å². The van der Waals surface area contributed by atoms with Crippen molar-refractivity contribution in [1.29, 1.82) is 0 Å². The molecule has 0 aliphatic carbocycles. The average Bonchev–Trinajstić information content (AvgIpc) is 2.82. The van der Waals surface area contributed by atoms with E-state index in [1.54, 1.807) is 23.8 Å². The summed E-state index contributed by atoms with van der Waals surface area (Å²) in [4.78, 5) is 15.6. The minimum Gasteiger partial charge on any atom is -0.493 e. The Kier molecular flexibility index (Phi) is 4.32. The third-order valence-electron chi connectivity index (χ3n) is 3.29. The Morgan fingerprint density at radius 1 is 1.29 bits per heavy atom. The zero-order valence-corrected chi connectivity index (χ0v) is 12.4. The first-order valence-electron chi connectivity index (χ1n) is 6.38. The van der Waals surface area contributed by atoms with Crippen molar-refractivity contribution >= 4 is 17.0 Å². The number of carboxylic acids is 1. The van der Waals surface area contributed by atoms with E-state index in [4.69, 9.17) is 19.3 Å². The van der Waals surface area contributed by atoms with Gasteiger partial charge in [-0.15, -0.1) is 0 Å². The highest BCUT2D eigenvalue weighted by atomic mass is 16.5. The van der Waals surface area contributed by atoms with E-state index in [0.717, 1.165) is 0 Å². The Morgan fingerprint density at radius 3 is 2.43 bits per heavy atom. The second-order valence-electron chi connectivity index (χ2n) is 4.52. The Morgan fingerprint density at radius 2 is 1.90 bits per heavy atom. The van der Waals surface area contributed by atoms with Gasteiger partial charge in [-0.3, -0.25) is 4.79 Å². The van der Waals surface area contributed by atoms with E-state index in [2.05, 4.69) is 4.98 Å². The number of aliphatic carboxylic acids is 1. The molecule has 2 aromatic rings. The summed E-state index contributed by atoms with van der Waals surface area (Å²) in [7, 11) is 4.62. The molecule has 114 valence electrons. The van der Waals surface area contributed by atoms with Gasteiger partial charge >= 0.3 is 5.97 Å². The van der Waals surface area contributed by atoms with Gasteiger partial charge in [-0.1, -0.05) is 0 Å². The van der Waals surface area contributed by atoms with Crippen LogP contribution in [0.2, 0.25) is 0 Å². The van der Waals surface area contributed by atoms with E-state index in [9.17, 15) is 4.79 Å². The van der Waals surface area contributed by atoms with Crippen LogP contribution in [0, 0.1) is 0 Å². The fourth-order valence-corrected chi connectivity index (χ4v) is 2.19. The third kappa shape index (κ3) is 2.78. The fourth-order valence-electron chi connectivity index (χ4n) is 2.19. The van der Waals surface area contributed by atoms with Crippen LogP contribution < -0.4 is 9.47 Å². The van der Waals surface area contributed by atoms with Crippen LogP contribution >= 0.6 is 0 Å². The fraction of sp³-hybridized carbons (Fsp3) is 0.429. The van der Waals surface area contributed by atoms with E-state index in [-0.39, 0.29) is 12.6 Å². The maximum atomic E-state index is 11.1. The number of fused-ring (bicyclic) bond motifs is 1. The lowest BCUT2D eigenvalue weighted by molar-refractivity contribution is -0.137. The number of nitrogens with zero attached hydrogens (tertiary/aromatic N) is 2. The summed E-state index contributed by atoms with van der Waals surface area (Å²) in [6.45, 7) is 1.61. The maximum Gasteiger partial charge on any atom is 0.323 e. The molecular weight excluding hydrogens is 276 g/mol. The van der Waals surface area contributed by atoms with Crippen molar-refractivity contribution in [2.24, 2.45) is 0 Å². The molecule has 0 bridgehead atoms. The lowest BCUT2D eigenvalue weighted by Gasteiger charge is -2.12. The molecule has 7 nitrogen and oxygen atoms in total. The second kappa shape index (κ2) is 6.01. The third-order valence-corrected chi connectivity index (χ3v) is 3.29. The molecule has 1 unspecified atom stereocenters. The number of ether oxygens (including phenoxy) is 3. The molecule has 1 heterocycles. The quantitative estimate of drug-likeness (QED) is 0.875. The van der Waals surface area contributed by atoms with Crippen LogP contribution in [0.1, 0.15) is 18.9 Å². The zero-order chi connectivity index (χ0) is 15.6. The van der Waals surface area contributed by atoms with Crippen LogP contribution in [-0.4, -0.2) is 42.0 Å². The number of carbonyl (C=O) groups is 1. The summed E-state index contributed by atoms with van der Waals surface area (Å²) in [5.74, 6) is 0.661. The first kappa shape index (κ1) is 15.1. The summed E-state index contributed by atoms with van der Waals surface area (Å²) in [5, 5.41) is 9.11. The molecule has 1 aromatic carbocycles. The molecule has 21 heavy (non-hydrogen) atoms. The predicted octanol–water partition coefficient (Wildman–Crippen LogP) is 1.85. The summed E-state index contributed by atoms with van der Waals surface area (Å²) < 4.78 is 17.4. The SMILES string of the molecule is COc1cc2nc(C(C)OC)n(CC(=O)O)c2cc1OC. The molecule has 0 fully saturated rings. The molecule has 1 N–H and O–H groups in total. The lowest BCUT2D eigenvalue weighted by Crippen LogP contribution is -2.14. The lowest BCUT2D eigenvalue weighted by atomic mass is 10.2. The van der Waals surface area contributed by atoms with Crippen molar-refractivity contribution in [3.63, 3.8) is 0 Å². The Balaban J connectivity index is 2.70. The monoisotopic (exact) mass is 294 g/mol. The number of imidazole rings is 1.